The maximum atomic E-state index is 13.6. The molecule has 0 aromatic heterocycles. The third kappa shape index (κ3) is 4.27. The summed E-state index contributed by atoms with van der Waals surface area (Å²) in [5, 5.41) is 3.59. The van der Waals surface area contributed by atoms with E-state index in [2.05, 4.69) is 4.74 Å². The highest BCUT2D eigenvalue weighted by Crippen LogP contribution is 2.14. The van der Waals surface area contributed by atoms with Crippen LogP contribution in [0.3, 0.4) is 0 Å². The van der Waals surface area contributed by atoms with Gasteiger partial charge >= 0.3 is 6.09 Å². The summed E-state index contributed by atoms with van der Waals surface area (Å²) in [6.45, 7) is 3.24. The Morgan fingerprint density at radius 2 is 1.95 bits per heavy atom. The molecule has 20 heavy (non-hydrogen) atoms. The number of nitrogens with one attached hydrogen (secondary N) is 1. The lowest BCUT2D eigenvalue weighted by atomic mass is 10.1. The third-order valence-corrected chi connectivity index (χ3v) is 2.85. The molecule has 0 radical (unpaired) electrons. The van der Waals surface area contributed by atoms with Gasteiger partial charge < -0.3 is 10.1 Å². The zero-order valence-electron chi connectivity index (χ0n) is 11.4. The molecule has 0 fully saturated rings. The highest BCUT2D eigenvalue weighted by atomic mass is 19.1. The maximum Gasteiger partial charge on any atom is 0.413 e. The fourth-order valence-electron chi connectivity index (χ4n) is 1.76. The van der Waals surface area contributed by atoms with E-state index in [4.69, 9.17) is 0 Å². The fourth-order valence-corrected chi connectivity index (χ4v) is 1.76. The van der Waals surface area contributed by atoms with Crippen molar-refractivity contribution in [3.05, 3.63) is 35.4 Å². The summed E-state index contributed by atoms with van der Waals surface area (Å²) in [5.41, 5.74) is 0.282. The molecule has 0 unspecified atom stereocenters. The van der Waals surface area contributed by atoms with Crippen molar-refractivity contribution >= 4 is 12.0 Å². The van der Waals surface area contributed by atoms with Crippen LogP contribution >= 0.6 is 0 Å². The molecule has 3 N–H and O–H groups in total. The van der Waals surface area contributed by atoms with Gasteiger partial charge in [-0.2, -0.15) is 0 Å². The molecule has 1 rings (SSSR count). The number of ether oxygens (including phenoxy) is 1. The largest absolute Gasteiger partial charge is 0.453 e. The number of alkyl carbamates (subject to hydrolysis) is 1. The first-order valence-electron chi connectivity index (χ1n) is 6.04. The van der Waals surface area contributed by atoms with Crippen LogP contribution in [0.4, 0.5) is 13.6 Å². The van der Waals surface area contributed by atoms with E-state index in [-0.39, 0.29) is 5.56 Å². The van der Waals surface area contributed by atoms with Crippen molar-refractivity contribution in [1.82, 2.24) is 5.32 Å². The van der Waals surface area contributed by atoms with E-state index < -0.39 is 35.7 Å². The Balaban J connectivity index is 2.67. The van der Waals surface area contributed by atoms with Crippen molar-refractivity contribution in [2.45, 2.75) is 25.9 Å². The van der Waals surface area contributed by atoms with Gasteiger partial charge in [-0.25, -0.2) is 13.6 Å². The van der Waals surface area contributed by atoms with Crippen molar-refractivity contribution in [2.24, 2.45) is 0 Å². The topological polar surface area (TPSA) is 72.0 Å². The van der Waals surface area contributed by atoms with Crippen LogP contribution in [0.5, 0.6) is 0 Å². The molecule has 1 aromatic rings. The normalized spacial score (nSPS) is 13.4. The second-order valence-electron chi connectivity index (χ2n) is 4.42. The second-order valence-corrected chi connectivity index (χ2v) is 4.42. The van der Waals surface area contributed by atoms with Gasteiger partial charge in [-0.1, -0.05) is 0 Å². The van der Waals surface area contributed by atoms with Gasteiger partial charge in [0.15, 0.2) is 6.04 Å². The summed E-state index contributed by atoms with van der Waals surface area (Å²) in [7, 11) is 1.15. The number of imide groups is 1. The standard InChI is InChI=1S/C13H16F2N2O3/c1-7(10-5-4-9(14)6-11(10)15)16-8(2)12(18)17-13(19)20-3/h4-8,16H,1-3H3,(H,17,18,19)/p+1/t7-,8-/m1/s1. The molecule has 0 aliphatic heterocycles. The molecule has 0 aliphatic carbocycles. The number of quaternary nitrogens is 1. The number of carbonyl (C=O) groups excluding carboxylic acids is 2. The van der Waals surface area contributed by atoms with E-state index >= 15 is 0 Å². The number of nitrogens with two attached hydrogens (primary N) is 1. The van der Waals surface area contributed by atoms with Crippen LogP contribution in [-0.2, 0) is 9.53 Å². The van der Waals surface area contributed by atoms with Gasteiger partial charge in [0, 0.05) is 11.6 Å². The number of methoxy groups -OCH3 is 1. The zero-order valence-corrected chi connectivity index (χ0v) is 11.4. The number of halogens is 2. The highest BCUT2D eigenvalue weighted by molar-refractivity contribution is 5.93. The molecule has 0 aliphatic rings. The summed E-state index contributed by atoms with van der Waals surface area (Å²) >= 11 is 0. The average Bonchev–Trinajstić information content (AvgIpc) is 2.37. The molecular weight excluding hydrogens is 270 g/mol. The van der Waals surface area contributed by atoms with Crippen molar-refractivity contribution in [3.8, 4) is 0 Å². The van der Waals surface area contributed by atoms with Gasteiger partial charge in [0.05, 0.1) is 7.11 Å². The van der Waals surface area contributed by atoms with Crippen LogP contribution in [-0.4, -0.2) is 25.2 Å². The molecule has 2 amide bonds. The maximum absolute atomic E-state index is 13.6. The smallest absolute Gasteiger partial charge is 0.413 e. The predicted octanol–water partition coefficient (Wildman–Crippen LogP) is 0.860. The lowest BCUT2D eigenvalue weighted by molar-refractivity contribution is -0.710. The Morgan fingerprint density at radius 1 is 1.30 bits per heavy atom. The van der Waals surface area contributed by atoms with Crippen molar-refractivity contribution in [2.75, 3.05) is 7.11 Å². The van der Waals surface area contributed by atoms with E-state index in [0.29, 0.717) is 0 Å². The minimum absolute atomic E-state index is 0.282. The minimum Gasteiger partial charge on any atom is -0.453 e. The first-order valence-corrected chi connectivity index (χ1v) is 6.04. The van der Waals surface area contributed by atoms with Gasteiger partial charge in [-0.15, -0.1) is 0 Å². The Labute approximate surface area is 115 Å². The van der Waals surface area contributed by atoms with E-state index in [9.17, 15) is 18.4 Å². The number of benzene rings is 1. The molecular formula is C13H17F2N2O3+. The number of hydrogen-bond donors (Lipinski definition) is 2. The predicted molar refractivity (Wildman–Crippen MR) is 66.7 cm³/mol. The first-order chi connectivity index (χ1) is 9.35. The Bertz CT molecular complexity index is 508. The summed E-state index contributed by atoms with van der Waals surface area (Å²) in [4.78, 5) is 22.5. The van der Waals surface area contributed by atoms with Crippen LogP contribution in [0.2, 0.25) is 0 Å². The minimum atomic E-state index is -0.851. The monoisotopic (exact) mass is 287 g/mol. The van der Waals surface area contributed by atoms with Crippen LogP contribution in [0, 0.1) is 11.6 Å². The molecule has 0 saturated heterocycles. The number of rotatable bonds is 4. The molecule has 1 aromatic carbocycles. The molecule has 0 spiro atoms. The van der Waals surface area contributed by atoms with Crippen LogP contribution < -0.4 is 10.6 Å². The van der Waals surface area contributed by atoms with Gasteiger partial charge in [-0.05, 0) is 26.0 Å². The SMILES string of the molecule is COC(=O)NC(=O)[C@@H](C)[NH2+][C@H](C)c1ccc(F)cc1F. The molecule has 110 valence electrons. The molecule has 0 bridgehead atoms. The lowest BCUT2D eigenvalue weighted by Gasteiger charge is -2.16. The van der Waals surface area contributed by atoms with Crippen LogP contribution in [0.25, 0.3) is 0 Å². The van der Waals surface area contributed by atoms with Crippen molar-refractivity contribution in [1.29, 1.82) is 0 Å². The fraction of sp³-hybridized carbons (Fsp3) is 0.385. The average molecular weight is 287 g/mol. The number of hydrogen-bond acceptors (Lipinski definition) is 3. The highest BCUT2D eigenvalue weighted by Gasteiger charge is 2.23. The second kappa shape index (κ2) is 6.95. The van der Waals surface area contributed by atoms with E-state index in [1.165, 1.54) is 6.07 Å². The quantitative estimate of drug-likeness (QED) is 0.862. The Kier molecular flexibility index (Phi) is 5.57. The van der Waals surface area contributed by atoms with E-state index in [1.807, 2.05) is 5.32 Å². The molecule has 7 heteroatoms. The van der Waals surface area contributed by atoms with E-state index in [1.54, 1.807) is 19.2 Å². The number of carbonyl (C=O) groups is 2. The Morgan fingerprint density at radius 3 is 2.50 bits per heavy atom. The molecule has 5 nitrogen and oxygen atoms in total. The van der Waals surface area contributed by atoms with Gasteiger partial charge in [0.2, 0.25) is 0 Å². The Hall–Kier alpha value is -2.02. The third-order valence-electron chi connectivity index (χ3n) is 2.85. The van der Waals surface area contributed by atoms with Crippen molar-refractivity contribution < 1.29 is 28.4 Å². The zero-order chi connectivity index (χ0) is 15.3. The first kappa shape index (κ1) is 16.0. The lowest BCUT2D eigenvalue weighted by Crippen LogP contribution is -2.92. The summed E-state index contributed by atoms with van der Waals surface area (Å²) in [5.74, 6) is -1.88. The van der Waals surface area contributed by atoms with Gasteiger partial charge in [0.1, 0.15) is 17.7 Å². The van der Waals surface area contributed by atoms with Crippen molar-refractivity contribution in [3.63, 3.8) is 0 Å². The van der Waals surface area contributed by atoms with Crippen LogP contribution in [0.15, 0.2) is 18.2 Å². The molecule has 0 saturated carbocycles. The number of amides is 2. The van der Waals surface area contributed by atoms with E-state index in [0.717, 1.165) is 19.2 Å². The summed E-state index contributed by atoms with van der Waals surface area (Å²) in [6, 6.07) is 2.24. The molecule has 2 atom stereocenters. The van der Waals surface area contributed by atoms with Gasteiger partial charge in [0.25, 0.3) is 5.91 Å². The van der Waals surface area contributed by atoms with Gasteiger partial charge in [-0.3, -0.25) is 10.1 Å². The van der Waals surface area contributed by atoms with Crippen LogP contribution in [0.1, 0.15) is 25.5 Å². The molecule has 0 heterocycles. The summed E-state index contributed by atoms with van der Waals surface area (Å²) in [6.07, 6.45) is -0.851. The summed E-state index contributed by atoms with van der Waals surface area (Å²) < 4.78 is 30.7.